The number of hydrogen-bond donors (Lipinski definition) is 2. The van der Waals surface area contributed by atoms with Crippen molar-refractivity contribution in [2.45, 2.75) is 13.0 Å². The number of aromatic nitrogens is 3. The molecule has 0 bridgehead atoms. The summed E-state index contributed by atoms with van der Waals surface area (Å²) < 4.78 is 6.86. The highest BCUT2D eigenvalue weighted by Gasteiger charge is 2.28. The molecule has 0 aliphatic carbocycles. The highest BCUT2D eigenvalue weighted by molar-refractivity contribution is 6.30. The number of ether oxygens (including phenoxy) is 1. The van der Waals surface area contributed by atoms with Gasteiger partial charge in [0.15, 0.2) is 0 Å². The molecule has 4 rings (SSSR count). The predicted octanol–water partition coefficient (Wildman–Crippen LogP) is 3.41. The van der Waals surface area contributed by atoms with Gasteiger partial charge in [-0.2, -0.15) is 9.67 Å². The minimum Gasteiger partial charge on any atom is -0.448 e. The molecule has 0 spiro atoms. The summed E-state index contributed by atoms with van der Waals surface area (Å²) in [6.07, 6.45) is 1.25. The molecule has 3 N–H and O–H groups in total. The highest BCUT2D eigenvalue weighted by atomic mass is 35.5. The van der Waals surface area contributed by atoms with Crippen molar-refractivity contribution in [3.8, 4) is 5.69 Å². The molecule has 1 aromatic heterocycles. The molecule has 2 heterocycles. The fourth-order valence-corrected chi connectivity index (χ4v) is 2.84. The monoisotopic (exact) mass is 381 g/mol. The molecule has 0 fully saturated rings. The van der Waals surface area contributed by atoms with Crippen LogP contribution in [0.15, 0.2) is 60.3 Å². The summed E-state index contributed by atoms with van der Waals surface area (Å²) in [6.45, 7) is 2.00. The zero-order valence-electron chi connectivity index (χ0n) is 14.4. The molecule has 1 unspecified atom stereocenters. The number of nitrogen functional groups attached to an aromatic ring is 1. The molecule has 7 nitrogen and oxygen atoms in total. The number of benzene rings is 2. The number of nitrogens with zero attached hydrogens (tertiary/aromatic N) is 3. The van der Waals surface area contributed by atoms with Gasteiger partial charge in [-0.3, -0.25) is 0 Å². The van der Waals surface area contributed by atoms with E-state index in [4.69, 9.17) is 22.1 Å². The Kier molecular flexibility index (Phi) is 4.29. The molecule has 0 radical (unpaired) electrons. The Labute approximate surface area is 160 Å². The van der Waals surface area contributed by atoms with Crippen molar-refractivity contribution >= 4 is 29.5 Å². The van der Waals surface area contributed by atoms with Crippen LogP contribution in [0.4, 0.5) is 11.9 Å². The summed E-state index contributed by atoms with van der Waals surface area (Å²) in [5.41, 5.74) is 8.94. The molecule has 1 aliphatic rings. The third-order valence-corrected chi connectivity index (χ3v) is 4.38. The largest absolute Gasteiger partial charge is 0.448 e. The second kappa shape index (κ2) is 6.77. The molecule has 1 aliphatic heterocycles. The van der Waals surface area contributed by atoms with Crippen LogP contribution >= 0.6 is 11.6 Å². The molecule has 1 atom stereocenters. The molecular formula is C19H16ClN5O2. The Morgan fingerprint density at radius 2 is 1.85 bits per heavy atom. The van der Waals surface area contributed by atoms with Crippen LogP contribution in [0.5, 0.6) is 0 Å². The number of rotatable bonds is 4. The number of carbonyl (C=O) groups excluding carboxylic acids is 1. The molecule has 3 aromatic rings. The first-order chi connectivity index (χ1) is 13.0. The van der Waals surface area contributed by atoms with E-state index in [9.17, 15) is 4.79 Å². The van der Waals surface area contributed by atoms with Gasteiger partial charge in [-0.15, -0.1) is 5.10 Å². The Morgan fingerprint density at radius 1 is 1.15 bits per heavy atom. The zero-order chi connectivity index (χ0) is 19.0. The smallest absolute Gasteiger partial charge is 0.355 e. The van der Waals surface area contributed by atoms with Crippen LogP contribution < -0.4 is 11.1 Å². The van der Waals surface area contributed by atoms with E-state index in [1.807, 2.05) is 31.2 Å². The van der Waals surface area contributed by atoms with Gasteiger partial charge in [0.2, 0.25) is 11.9 Å². The fraction of sp³-hybridized carbons (Fsp3) is 0.105. The van der Waals surface area contributed by atoms with Gasteiger partial charge in [-0.25, -0.2) is 4.79 Å². The number of halogens is 1. The molecule has 0 saturated carbocycles. The Morgan fingerprint density at radius 3 is 2.56 bits per heavy atom. The van der Waals surface area contributed by atoms with Crippen LogP contribution in [0, 0.1) is 6.92 Å². The lowest BCUT2D eigenvalue weighted by molar-refractivity contribution is -0.139. The van der Waals surface area contributed by atoms with E-state index < -0.39 is 12.1 Å². The highest BCUT2D eigenvalue weighted by Crippen LogP contribution is 2.28. The van der Waals surface area contributed by atoms with Gasteiger partial charge in [0.25, 0.3) is 0 Å². The first-order valence-electron chi connectivity index (χ1n) is 8.24. The van der Waals surface area contributed by atoms with Crippen molar-refractivity contribution < 1.29 is 9.53 Å². The van der Waals surface area contributed by atoms with Crippen LogP contribution in [-0.4, -0.2) is 20.7 Å². The van der Waals surface area contributed by atoms with Gasteiger partial charge in [0.1, 0.15) is 11.8 Å². The summed E-state index contributed by atoms with van der Waals surface area (Å²) in [5.74, 6) is -0.0842. The standard InChI is InChI=1S/C19H16ClN5O2/c1-11-2-4-12(5-3-11)16-10-15(17(26)27-16)22-19-23-18(21)25(24-19)14-8-6-13(20)7-9-14/h2-10,16H,1H3,(H3,21,22,23,24). The summed E-state index contributed by atoms with van der Waals surface area (Å²) in [5, 5.41) is 7.78. The topological polar surface area (TPSA) is 95.1 Å². The lowest BCUT2D eigenvalue weighted by Gasteiger charge is -2.07. The first kappa shape index (κ1) is 17.1. The second-order valence-electron chi connectivity index (χ2n) is 6.12. The molecule has 0 amide bonds. The van der Waals surface area contributed by atoms with Gasteiger partial charge in [-0.05, 0) is 42.8 Å². The Balaban J connectivity index is 1.56. The van der Waals surface area contributed by atoms with Crippen LogP contribution in [0.25, 0.3) is 5.69 Å². The van der Waals surface area contributed by atoms with Gasteiger partial charge in [-0.1, -0.05) is 41.4 Å². The summed E-state index contributed by atoms with van der Waals surface area (Å²) in [6, 6.07) is 14.8. The fourth-order valence-electron chi connectivity index (χ4n) is 2.72. The van der Waals surface area contributed by atoms with E-state index in [1.54, 1.807) is 30.3 Å². The molecule has 2 aromatic carbocycles. The maximum absolute atomic E-state index is 12.2. The van der Waals surface area contributed by atoms with Crippen LogP contribution in [0.2, 0.25) is 5.02 Å². The third-order valence-electron chi connectivity index (χ3n) is 4.13. The number of anilines is 2. The Bertz CT molecular complexity index is 1030. The molecule has 8 heteroatoms. The lowest BCUT2D eigenvalue weighted by Crippen LogP contribution is -2.10. The number of esters is 1. The van der Waals surface area contributed by atoms with E-state index >= 15 is 0 Å². The number of hydrogen-bond acceptors (Lipinski definition) is 6. The third kappa shape index (κ3) is 3.50. The van der Waals surface area contributed by atoms with E-state index in [2.05, 4.69) is 15.4 Å². The average molecular weight is 382 g/mol. The minimum atomic E-state index is -0.470. The van der Waals surface area contributed by atoms with Gasteiger partial charge in [0, 0.05) is 5.02 Å². The van der Waals surface area contributed by atoms with Crippen LogP contribution in [0.1, 0.15) is 17.2 Å². The second-order valence-corrected chi connectivity index (χ2v) is 6.56. The SMILES string of the molecule is Cc1ccc(C2C=C(Nc3nc(N)n(-c4ccc(Cl)cc4)n3)C(=O)O2)cc1. The van der Waals surface area contributed by atoms with Crippen molar-refractivity contribution in [3.05, 3.63) is 76.5 Å². The lowest BCUT2D eigenvalue weighted by atomic mass is 10.1. The quantitative estimate of drug-likeness (QED) is 0.672. The van der Waals surface area contributed by atoms with Crippen molar-refractivity contribution in [2.24, 2.45) is 0 Å². The van der Waals surface area contributed by atoms with Crippen molar-refractivity contribution in [3.63, 3.8) is 0 Å². The summed E-state index contributed by atoms with van der Waals surface area (Å²) in [7, 11) is 0. The van der Waals surface area contributed by atoms with Crippen molar-refractivity contribution in [1.29, 1.82) is 0 Å². The van der Waals surface area contributed by atoms with E-state index in [0.717, 1.165) is 11.1 Å². The van der Waals surface area contributed by atoms with Crippen molar-refractivity contribution in [2.75, 3.05) is 11.1 Å². The number of carbonyl (C=O) groups is 1. The maximum Gasteiger partial charge on any atom is 0.355 e. The maximum atomic E-state index is 12.2. The predicted molar refractivity (Wildman–Crippen MR) is 102 cm³/mol. The molecule has 136 valence electrons. The van der Waals surface area contributed by atoms with E-state index in [0.29, 0.717) is 10.7 Å². The van der Waals surface area contributed by atoms with Gasteiger partial charge >= 0.3 is 5.97 Å². The minimum absolute atomic E-state index is 0.182. The zero-order valence-corrected chi connectivity index (χ0v) is 15.1. The number of aryl methyl sites for hydroxylation is 1. The summed E-state index contributed by atoms with van der Waals surface area (Å²) in [4.78, 5) is 16.3. The van der Waals surface area contributed by atoms with Crippen molar-refractivity contribution in [1.82, 2.24) is 14.8 Å². The Hall–Kier alpha value is -3.32. The van der Waals surface area contributed by atoms with Gasteiger partial charge in [0.05, 0.1) is 5.69 Å². The average Bonchev–Trinajstić information content (AvgIpc) is 3.19. The normalized spacial score (nSPS) is 16.1. The molecule has 0 saturated heterocycles. The molecule has 27 heavy (non-hydrogen) atoms. The number of cyclic esters (lactones) is 1. The first-order valence-corrected chi connectivity index (χ1v) is 8.62. The summed E-state index contributed by atoms with van der Waals surface area (Å²) >= 11 is 5.90. The number of nitrogens with two attached hydrogens (primary N) is 1. The molecular weight excluding hydrogens is 366 g/mol. The number of nitrogens with one attached hydrogen (secondary N) is 1. The van der Waals surface area contributed by atoms with Crippen LogP contribution in [-0.2, 0) is 9.53 Å². The van der Waals surface area contributed by atoms with E-state index in [-0.39, 0.29) is 17.6 Å². The van der Waals surface area contributed by atoms with E-state index in [1.165, 1.54) is 4.68 Å². The van der Waals surface area contributed by atoms with Gasteiger partial charge < -0.3 is 15.8 Å². The van der Waals surface area contributed by atoms with Crippen LogP contribution in [0.3, 0.4) is 0 Å².